The summed E-state index contributed by atoms with van der Waals surface area (Å²) in [5.74, 6) is 1.40. The zero-order chi connectivity index (χ0) is 22.4. The van der Waals surface area contributed by atoms with Crippen molar-refractivity contribution in [1.82, 2.24) is 15.4 Å². The molecule has 0 radical (unpaired) electrons. The van der Waals surface area contributed by atoms with Crippen LogP contribution in [0.2, 0.25) is 0 Å². The average Bonchev–Trinajstić information content (AvgIpc) is 3.04. The van der Waals surface area contributed by atoms with Gasteiger partial charge in [0.25, 0.3) is 0 Å². The third-order valence-electron chi connectivity index (χ3n) is 4.91. The van der Waals surface area contributed by atoms with Gasteiger partial charge in [0.15, 0.2) is 5.96 Å². The van der Waals surface area contributed by atoms with Crippen molar-refractivity contribution >= 4 is 50.9 Å². The van der Waals surface area contributed by atoms with Crippen molar-refractivity contribution < 1.29 is 12.8 Å². The quantitative estimate of drug-likeness (QED) is 0.216. The van der Waals surface area contributed by atoms with E-state index in [0.717, 1.165) is 33.4 Å². The maximum absolute atomic E-state index is 12.3. The standard InChI is InChI=1S/C23H30N4O3S.HI/c1-16(2)27-31(28,29)15-19-10-6-5-9-18(19)13-25-23(24-4)26-14-22-17(3)20-11-7-8-12-21(20)30-22;/h5-12,16,27H,13-15H2,1-4H3,(H2,24,25,26);1H. The first kappa shape index (κ1) is 26.1. The van der Waals surface area contributed by atoms with E-state index in [1.165, 1.54) is 0 Å². The number of nitrogens with one attached hydrogen (secondary N) is 3. The number of aliphatic imine (C=N–C) groups is 1. The molecule has 0 bridgehead atoms. The molecule has 1 aromatic heterocycles. The Bertz CT molecular complexity index is 1170. The van der Waals surface area contributed by atoms with Crippen LogP contribution in [0.4, 0.5) is 0 Å². The minimum absolute atomic E-state index is 0. The number of rotatable bonds is 8. The number of hydrogen-bond donors (Lipinski definition) is 3. The molecule has 0 spiro atoms. The third-order valence-corrected chi connectivity index (χ3v) is 6.43. The number of sulfonamides is 1. The summed E-state index contributed by atoms with van der Waals surface area (Å²) in [6.07, 6.45) is 0. The molecular formula is C23H31IN4O3S. The average molecular weight is 570 g/mol. The highest BCUT2D eigenvalue weighted by Crippen LogP contribution is 2.24. The van der Waals surface area contributed by atoms with Crippen molar-refractivity contribution in [2.24, 2.45) is 4.99 Å². The van der Waals surface area contributed by atoms with Crippen molar-refractivity contribution in [1.29, 1.82) is 0 Å². The van der Waals surface area contributed by atoms with Crippen molar-refractivity contribution in [3.05, 3.63) is 71.0 Å². The van der Waals surface area contributed by atoms with Crippen LogP contribution in [0.25, 0.3) is 11.0 Å². The van der Waals surface area contributed by atoms with E-state index >= 15 is 0 Å². The first-order chi connectivity index (χ1) is 14.8. The Morgan fingerprint density at radius 2 is 1.62 bits per heavy atom. The Kier molecular flexibility index (Phi) is 9.53. The first-order valence-corrected chi connectivity index (χ1v) is 11.9. The number of aryl methyl sites for hydroxylation is 1. The molecule has 0 atom stereocenters. The molecule has 32 heavy (non-hydrogen) atoms. The monoisotopic (exact) mass is 570 g/mol. The Balaban J connectivity index is 0.00000363. The highest BCUT2D eigenvalue weighted by molar-refractivity contribution is 14.0. The lowest BCUT2D eigenvalue weighted by molar-refractivity contribution is 0.534. The van der Waals surface area contributed by atoms with Gasteiger partial charge in [0.05, 0.1) is 12.3 Å². The van der Waals surface area contributed by atoms with Gasteiger partial charge in [0.1, 0.15) is 11.3 Å². The molecule has 0 amide bonds. The van der Waals surface area contributed by atoms with E-state index in [9.17, 15) is 8.42 Å². The first-order valence-electron chi connectivity index (χ1n) is 10.3. The van der Waals surface area contributed by atoms with Crippen molar-refractivity contribution in [3.63, 3.8) is 0 Å². The molecule has 174 valence electrons. The van der Waals surface area contributed by atoms with Crippen LogP contribution in [-0.4, -0.2) is 27.5 Å². The number of guanidine groups is 1. The summed E-state index contributed by atoms with van der Waals surface area (Å²) < 4.78 is 33.3. The number of para-hydroxylation sites is 1. The minimum Gasteiger partial charge on any atom is -0.459 e. The van der Waals surface area contributed by atoms with Crippen LogP contribution in [0.3, 0.4) is 0 Å². The van der Waals surface area contributed by atoms with Gasteiger partial charge in [-0.3, -0.25) is 4.99 Å². The van der Waals surface area contributed by atoms with Crippen LogP contribution < -0.4 is 15.4 Å². The molecular weight excluding hydrogens is 539 g/mol. The number of fused-ring (bicyclic) bond motifs is 1. The maximum Gasteiger partial charge on any atom is 0.216 e. The Morgan fingerprint density at radius 3 is 2.28 bits per heavy atom. The molecule has 0 aliphatic carbocycles. The number of nitrogens with zero attached hydrogens (tertiary/aromatic N) is 1. The number of hydrogen-bond acceptors (Lipinski definition) is 4. The van der Waals surface area contributed by atoms with E-state index in [0.29, 0.717) is 19.0 Å². The topological polar surface area (TPSA) is 95.7 Å². The molecule has 0 saturated carbocycles. The second-order valence-corrected chi connectivity index (χ2v) is 9.48. The van der Waals surface area contributed by atoms with Crippen LogP contribution in [-0.2, 0) is 28.9 Å². The SMILES string of the molecule is CN=C(NCc1ccccc1CS(=O)(=O)NC(C)C)NCc1oc2ccccc2c1C.I. The smallest absolute Gasteiger partial charge is 0.216 e. The van der Waals surface area contributed by atoms with Gasteiger partial charge in [-0.05, 0) is 38.0 Å². The Morgan fingerprint density at radius 1 is 1.00 bits per heavy atom. The van der Waals surface area contributed by atoms with E-state index in [4.69, 9.17) is 4.42 Å². The largest absolute Gasteiger partial charge is 0.459 e. The molecule has 3 N–H and O–H groups in total. The summed E-state index contributed by atoms with van der Waals surface area (Å²) >= 11 is 0. The fourth-order valence-electron chi connectivity index (χ4n) is 3.43. The van der Waals surface area contributed by atoms with Gasteiger partial charge < -0.3 is 15.1 Å². The highest BCUT2D eigenvalue weighted by atomic mass is 127. The molecule has 0 aliphatic rings. The Labute approximate surface area is 207 Å². The molecule has 0 fully saturated rings. The van der Waals surface area contributed by atoms with Gasteiger partial charge in [-0.2, -0.15) is 0 Å². The summed E-state index contributed by atoms with van der Waals surface area (Å²) in [4.78, 5) is 4.27. The van der Waals surface area contributed by atoms with E-state index in [-0.39, 0.29) is 35.8 Å². The zero-order valence-corrected chi connectivity index (χ0v) is 22.0. The molecule has 2 aromatic carbocycles. The summed E-state index contributed by atoms with van der Waals surface area (Å²) in [5, 5.41) is 7.63. The maximum atomic E-state index is 12.3. The molecule has 1 heterocycles. The Hall–Kier alpha value is -2.11. The van der Waals surface area contributed by atoms with Crippen LogP contribution in [0.15, 0.2) is 57.9 Å². The minimum atomic E-state index is -3.40. The van der Waals surface area contributed by atoms with Crippen LogP contribution in [0, 0.1) is 6.92 Å². The summed E-state index contributed by atoms with van der Waals surface area (Å²) in [7, 11) is -1.70. The second-order valence-electron chi connectivity index (χ2n) is 7.73. The molecule has 0 saturated heterocycles. The zero-order valence-electron chi connectivity index (χ0n) is 18.8. The fourth-order valence-corrected chi connectivity index (χ4v) is 4.93. The van der Waals surface area contributed by atoms with E-state index < -0.39 is 10.0 Å². The van der Waals surface area contributed by atoms with Crippen molar-refractivity contribution in [2.45, 2.75) is 45.7 Å². The third kappa shape index (κ3) is 6.94. The van der Waals surface area contributed by atoms with Gasteiger partial charge >= 0.3 is 0 Å². The molecule has 9 heteroatoms. The number of benzene rings is 2. The normalized spacial score (nSPS) is 12.1. The van der Waals surface area contributed by atoms with Gasteiger partial charge in [-0.15, -0.1) is 24.0 Å². The molecule has 3 rings (SSSR count). The van der Waals surface area contributed by atoms with Crippen molar-refractivity contribution in [2.75, 3.05) is 7.05 Å². The summed E-state index contributed by atoms with van der Waals surface area (Å²) in [6, 6.07) is 15.3. The van der Waals surface area contributed by atoms with Crippen molar-refractivity contribution in [3.8, 4) is 0 Å². The number of halogens is 1. The lowest BCUT2D eigenvalue weighted by Crippen LogP contribution is -2.36. The van der Waals surface area contributed by atoms with E-state index in [1.807, 2.05) is 69.3 Å². The number of furan rings is 1. The lowest BCUT2D eigenvalue weighted by atomic mass is 10.1. The molecule has 0 aliphatic heterocycles. The van der Waals surface area contributed by atoms with Gasteiger partial charge in [-0.25, -0.2) is 13.1 Å². The molecule has 0 unspecified atom stereocenters. The van der Waals surface area contributed by atoms with Gasteiger partial charge in [-0.1, -0.05) is 42.5 Å². The second kappa shape index (κ2) is 11.7. The van der Waals surface area contributed by atoms with E-state index in [2.05, 4.69) is 20.3 Å². The summed E-state index contributed by atoms with van der Waals surface area (Å²) in [6.45, 7) is 6.61. The fraction of sp³-hybridized carbons (Fsp3) is 0.348. The van der Waals surface area contributed by atoms with E-state index in [1.54, 1.807) is 7.05 Å². The van der Waals surface area contributed by atoms with Crippen LogP contribution >= 0.6 is 24.0 Å². The van der Waals surface area contributed by atoms with Crippen LogP contribution in [0.1, 0.15) is 36.3 Å². The summed E-state index contributed by atoms with van der Waals surface area (Å²) in [5.41, 5.74) is 3.63. The lowest BCUT2D eigenvalue weighted by Gasteiger charge is -2.15. The highest BCUT2D eigenvalue weighted by Gasteiger charge is 2.16. The predicted molar refractivity (Wildman–Crippen MR) is 141 cm³/mol. The van der Waals surface area contributed by atoms with Crippen LogP contribution in [0.5, 0.6) is 0 Å². The molecule has 3 aromatic rings. The predicted octanol–water partition coefficient (Wildman–Crippen LogP) is 4.05. The van der Waals surface area contributed by atoms with Gasteiger partial charge in [0, 0.05) is 30.6 Å². The van der Waals surface area contributed by atoms with Gasteiger partial charge in [0.2, 0.25) is 10.0 Å². The molecule has 7 nitrogen and oxygen atoms in total.